The number of ether oxygens (including phenoxy) is 1. The highest BCUT2D eigenvalue weighted by Crippen LogP contribution is 2.31. The molecule has 30 heavy (non-hydrogen) atoms. The van der Waals surface area contributed by atoms with E-state index in [1.54, 1.807) is 24.3 Å². The van der Waals surface area contributed by atoms with Gasteiger partial charge in [0.15, 0.2) is 23.3 Å². The van der Waals surface area contributed by atoms with Crippen LogP contribution in [-0.4, -0.2) is 44.1 Å². The molecule has 160 valence electrons. The third-order valence-corrected chi connectivity index (χ3v) is 5.18. The predicted molar refractivity (Wildman–Crippen MR) is 105 cm³/mol. The zero-order valence-electron chi connectivity index (χ0n) is 15.7. The average Bonchev–Trinajstić information content (AvgIpc) is 2.75. The molecule has 0 saturated carbocycles. The van der Waals surface area contributed by atoms with Crippen LogP contribution < -0.4 is 9.64 Å². The molecule has 0 atom stereocenters. The first-order valence-corrected chi connectivity index (χ1v) is 9.60. The number of halogens is 6. The first-order chi connectivity index (χ1) is 14.2. The van der Waals surface area contributed by atoms with E-state index >= 15 is 0 Å². The number of piperazine rings is 1. The zero-order valence-corrected chi connectivity index (χ0v) is 17.3. The highest BCUT2D eigenvalue weighted by atomic mass is 79.9. The SMILES string of the molecule is COc1ccc(Br)cc1/C=C/C(=O)N1CCN(c2c(F)c(F)c(F)c(F)c2F)CC1. The minimum Gasteiger partial charge on any atom is -0.496 e. The highest BCUT2D eigenvalue weighted by Gasteiger charge is 2.31. The van der Waals surface area contributed by atoms with Crippen LogP contribution in [0.1, 0.15) is 5.56 Å². The van der Waals surface area contributed by atoms with Gasteiger partial charge in [-0.15, -0.1) is 0 Å². The Morgan fingerprint density at radius 1 is 0.967 bits per heavy atom. The van der Waals surface area contributed by atoms with Crippen molar-refractivity contribution in [2.75, 3.05) is 38.2 Å². The van der Waals surface area contributed by atoms with Gasteiger partial charge >= 0.3 is 0 Å². The fourth-order valence-electron chi connectivity index (χ4n) is 3.12. The summed E-state index contributed by atoms with van der Waals surface area (Å²) < 4.78 is 74.1. The maximum atomic E-state index is 14.0. The number of hydrogen-bond donors (Lipinski definition) is 0. The molecule has 0 spiro atoms. The molecule has 2 aromatic rings. The topological polar surface area (TPSA) is 32.8 Å². The van der Waals surface area contributed by atoms with Gasteiger partial charge in [0.25, 0.3) is 0 Å². The van der Waals surface area contributed by atoms with Crippen molar-refractivity contribution in [3.8, 4) is 5.75 Å². The molecule has 0 radical (unpaired) electrons. The molecule has 1 fully saturated rings. The Kier molecular flexibility index (Phi) is 6.64. The predicted octanol–water partition coefficient (Wildman–Crippen LogP) is 4.52. The summed E-state index contributed by atoms with van der Waals surface area (Å²) >= 11 is 3.34. The summed E-state index contributed by atoms with van der Waals surface area (Å²) in [6.45, 7) is -0.0626. The first-order valence-electron chi connectivity index (χ1n) is 8.81. The van der Waals surface area contributed by atoms with E-state index in [-0.39, 0.29) is 32.1 Å². The van der Waals surface area contributed by atoms with E-state index in [0.717, 1.165) is 9.37 Å². The number of amides is 1. The van der Waals surface area contributed by atoms with Gasteiger partial charge in [0.05, 0.1) is 7.11 Å². The molecule has 0 aliphatic carbocycles. The van der Waals surface area contributed by atoms with E-state index < -0.39 is 34.8 Å². The van der Waals surface area contributed by atoms with E-state index in [1.807, 2.05) is 0 Å². The summed E-state index contributed by atoms with van der Waals surface area (Å²) in [5.74, 6) is -9.73. The van der Waals surface area contributed by atoms with Gasteiger partial charge in [-0.3, -0.25) is 4.79 Å². The van der Waals surface area contributed by atoms with Gasteiger partial charge in [0.2, 0.25) is 11.7 Å². The number of nitrogens with zero attached hydrogens (tertiary/aromatic N) is 2. The second kappa shape index (κ2) is 9.03. The van der Waals surface area contributed by atoms with Crippen LogP contribution in [0.3, 0.4) is 0 Å². The van der Waals surface area contributed by atoms with Gasteiger partial charge in [-0.05, 0) is 24.3 Å². The van der Waals surface area contributed by atoms with Crippen molar-refractivity contribution >= 4 is 33.6 Å². The van der Waals surface area contributed by atoms with Gasteiger partial charge in [0, 0.05) is 42.3 Å². The van der Waals surface area contributed by atoms with Crippen LogP contribution in [0.4, 0.5) is 27.6 Å². The lowest BCUT2D eigenvalue weighted by Gasteiger charge is -2.36. The maximum absolute atomic E-state index is 14.0. The monoisotopic (exact) mass is 490 g/mol. The highest BCUT2D eigenvalue weighted by molar-refractivity contribution is 9.10. The molecule has 0 N–H and O–H groups in total. The molecular weight excluding hydrogens is 475 g/mol. The molecule has 1 aliphatic heterocycles. The number of rotatable bonds is 4. The fraction of sp³-hybridized carbons (Fsp3) is 0.250. The van der Waals surface area contributed by atoms with Gasteiger partial charge in [-0.25, -0.2) is 22.0 Å². The fourth-order valence-corrected chi connectivity index (χ4v) is 3.50. The Balaban J connectivity index is 1.71. The number of anilines is 1. The summed E-state index contributed by atoms with van der Waals surface area (Å²) in [5.41, 5.74) is -0.312. The van der Waals surface area contributed by atoms with Gasteiger partial charge in [-0.2, -0.15) is 0 Å². The average molecular weight is 491 g/mol. The molecule has 0 unspecified atom stereocenters. The molecule has 10 heteroatoms. The smallest absolute Gasteiger partial charge is 0.246 e. The largest absolute Gasteiger partial charge is 0.496 e. The van der Waals surface area contributed by atoms with Crippen molar-refractivity contribution in [3.63, 3.8) is 0 Å². The maximum Gasteiger partial charge on any atom is 0.246 e. The lowest BCUT2D eigenvalue weighted by Crippen LogP contribution is -2.49. The van der Waals surface area contributed by atoms with Crippen molar-refractivity contribution in [2.24, 2.45) is 0 Å². The second-order valence-electron chi connectivity index (χ2n) is 6.45. The van der Waals surface area contributed by atoms with Crippen LogP contribution in [0.5, 0.6) is 5.75 Å². The minimum absolute atomic E-state index is 0.0539. The number of methoxy groups -OCH3 is 1. The molecule has 1 saturated heterocycles. The number of carbonyl (C=O) groups is 1. The summed E-state index contributed by atoms with van der Waals surface area (Å²) in [5, 5.41) is 0. The summed E-state index contributed by atoms with van der Waals surface area (Å²) in [4.78, 5) is 14.9. The van der Waals surface area contributed by atoms with Crippen molar-refractivity contribution in [2.45, 2.75) is 0 Å². The quantitative estimate of drug-likeness (QED) is 0.273. The number of benzene rings is 2. The molecule has 4 nitrogen and oxygen atoms in total. The number of hydrogen-bond acceptors (Lipinski definition) is 3. The van der Waals surface area contributed by atoms with Crippen LogP contribution in [0.2, 0.25) is 0 Å². The molecule has 1 amide bonds. The van der Waals surface area contributed by atoms with Crippen molar-refractivity contribution in [1.82, 2.24) is 4.90 Å². The lowest BCUT2D eigenvalue weighted by molar-refractivity contribution is -0.126. The van der Waals surface area contributed by atoms with Crippen LogP contribution in [0.15, 0.2) is 28.7 Å². The minimum atomic E-state index is -2.20. The molecule has 1 heterocycles. The van der Waals surface area contributed by atoms with Crippen LogP contribution in [-0.2, 0) is 4.79 Å². The van der Waals surface area contributed by atoms with Crippen molar-refractivity contribution < 1.29 is 31.5 Å². The third-order valence-electron chi connectivity index (χ3n) is 4.69. The lowest BCUT2D eigenvalue weighted by atomic mass is 10.1. The van der Waals surface area contributed by atoms with Crippen LogP contribution >= 0.6 is 15.9 Å². The van der Waals surface area contributed by atoms with E-state index in [2.05, 4.69) is 15.9 Å². The first kappa shape index (κ1) is 22.1. The third kappa shape index (κ3) is 4.28. The molecule has 2 aromatic carbocycles. The molecular formula is C20H16BrF5N2O2. The summed E-state index contributed by atoms with van der Waals surface area (Å²) in [6.07, 6.45) is 2.90. The molecule has 1 aliphatic rings. The molecule has 0 aromatic heterocycles. The van der Waals surface area contributed by atoms with Gasteiger partial charge < -0.3 is 14.5 Å². The number of carbonyl (C=O) groups excluding carboxylic acids is 1. The van der Waals surface area contributed by atoms with E-state index in [1.165, 1.54) is 18.1 Å². The van der Waals surface area contributed by atoms with Gasteiger partial charge in [-0.1, -0.05) is 15.9 Å². The van der Waals surface area contributed by atoms with E-state index in [9.17, 15) is 26.7 Å². The van der Waals surface area contributed by atoms with E-state index in [4.69, 9.17) is 4.74 Å². The normalized spacial score (nSPS) is 14.5. The van der Waals surface area contributed by atoms with Crippen molar-refractivity contribution in [1.29, 1.82) is 0 Å². The zero-order chi connectivity index (χ0) is 22.0. The Bertz CT molecular complexity index is 978. The van der Waals surface area contributed by atoms with Crippen LogP contribution in [0.25, 0.3) is 6.08 Å². The standard InChI is InChI=1S/C20H16BrF5N2O2/c1-30-13-4-3-12(21)10-11(13)2-5-14(29)27-6-8-28(9-7-27)20-18(25)16(23)15(22)17(24)19(20)26/h2-5,10H,6-9H2,1H3/b5-2+. The Labute approximate surface area is 177 Å². The molecule has 3 rings (SSSR count). The Morgan fingerprint density at radius 3 is 2.10 bits per heavy atom. The van der Waals surface area contributed by atoms with Crippen LogP contribution in [0, 0.1) is 29.1 Å². The Morgan fingerprint density at radius 2 is 1.53 bits per heavy atom. The Hall–Kier alpha value is -2.62. The summed E-state index contributed by atoms with van der Waals surface area (Å²) in [7, 11) is 1.50. The van der Waals surface area contributed by atoms with Crippen molar-refractivity contribution in [3.05, 3.63) is 63.4 Å². The molecule has 0 bridgehead atoms. The van der Waals surface area contributed by atoms with Gasteiger partial charge in [0.1, 0.15) is 11.4 Å². The summed E-state index contributed by atoms with van der Waals surface area (Å²) in [6, 6.07) is 5.29. The second-order valence-corrected chi connectivity index (χ2v) is 7.37. The van der Waals surface area contributed by atoms with E-state index in [0.29, 0.717) is 11.3 Å².